The van der Waals surface area contributed by atoms with Crippen molar-refractivity contribution in [1.29, 1.82) is 0 Å². The fourth-order valence-corrected chi connectivity index (χ4v) is 4.10. The minimum Gasteiger partial charge on any atom is -0.493 e. The van der Waals surface area contributed by atoms with Gasteiger partial charge in [-0.1, -0.05) is 29.3 Å². The van der Waals surface area contributed by atoms with E-state index in [4.69, 9.17) is 32.7 Å². The second-order valence-electron chi connectivity index (χ2n) is 5.00. The van der Waals surface area contributed by atoms with Gasteiger partial charge < -0.3 is 14.6 Å². The van der Waals surface area contributed by atoms with Gasteiger partial charge >= 0.3 is 5.97 Å². The molecule has 7 nitrogen and oxygen atoms in total. The maximum absolute atomic E-state index is 13.1. The molecule has 0 amide bonds. The van der Waals surface area contributed by atoms with Crippen LogP contribution in [0.15, 0.2) is 41.3 Å². The monoisotopic (exact) mass is 419 g/mol. The van der Waals surface area contributed by atoms with Crippen LogP contribution in [-0.4, -0.2) is 40.3 Å². The summed E-state index contributed by atoms with van der Waals surface area (Å²) in [6.07, 6.45) is 0. The summed E-state index contributed by atoms with van der Waals surface area (Å²) in [7, 11) is -1.50. The third-order valence-corrected chi connectivity index (χ3v) is 5.99. The Balaban J connectivity index is 2.64. The van der Waals surface area contributed by atoms with Gasteiger partial charge in [-0.25, -0.2) is 8.42 Å². The van der Waals surface area contributed by atoms with E-state index in [9.17, 15) is 18.3 Å². The van der Waals surface area contributed by atoms with Crippen LogP contribution in [0.4, 0.5) is 5.69 Å². The van der Waals surface area contributed by atoms with Gasteiger partial charge in [0.05, 0.1) is 34.8 Å². The quantitative estimate of drug-likeness (QED) is 0.739. The Morgan fingerprint density at radius 2 is 1.77 bits per heavy atom. The van der Waals surface area contributed by atoms with Crippen molar-refractivity contribution in [3.63, 3.8) is 0 Å². The topological polar surface area (TPSA) is 93.1 Å². The first-order valence-corrected chi connectivity index (χ1v) is 9.32. The van der Waals surface area contributed by atoms with Gasteiger partial charge in [-0.2, -0.15) is 0 Å². The number of carboxylic acid groups (broad SMARTS) is 1. The van der Waals surface area contributed by atoms with E-state index >= 15 is 0 Å². The molecule has 0 aliphatic carbocycles. The van der Waals surface area contributed by atoms with Crippen LogP contribution in [0.2, 0.25) is 10.0 Å². The molecule has 10 heteroatoms. The average molecular weight is 420 g/mol. The maximum atomic E-state index is 13.1. The van der Waals surface area contributed by atoms with Gasteiger partial charge in [-0.15, -0.1) is 0 Å². The van der Waals surface area contributed by atoms with Gasteiger partial charge in [0.15, 0.2) is 11.5 Å². The van der Waals surface area contributed by atoms with E-state index < -0.39 is 22.5 Å². The zero-order chi connectivity index (χ0) is 19.5. The number of ether oxygens (including phenoxy) is 2. The Labute approximate surface area is 160 Å². The van der Waals surface area contributed by atoms with E-state index in [0.29, 0.717) is 10.1 Å². The van der Waals surface area contributed by atoms with Gasteiger partial charge in [0, 0.05) is 6.07 Å². The van der Waals surface area contributed by atoms with Crippen LogP contribution in [0.5, 0.6) is 11.5 Å². The molecular weight excluding hydrogens is 405 g/mol. The van der Waals surface area contributed by atoms with Crippen molar-refractivity contribution in [3.8, 4) is 11.5 Å². The van der Waals surface area contributed by atoms with Crippen LogP contribution in [0, 0.1) is 0 Å². The highest BCUT2D eigenvalue weighted by Gasteiger charge is 2.30. The summed E-state index contributed by atoms with van der Waals surface area (Å²) >= 11 is 12.0. The number of hydrogen-bond donors (Lipinski definition) is 1. The number of aliphatic carboxylic acids is 1. The molecule has 0 heterocycles. The number of anilines is 1. The van der Waals surface area contributed by atoms with E-state index in [0.717, 1.165) is 0 Å². The standard InChI is InChI=1S/C16H15Cl2NO6S/c1-24-13-7-6-10(8-14(13)25-2)26(22,23)19(9-15(20)21)12-5-3-4-11(17)16(12)18/h3-8H,9H2,1-2H3,(H,20,21). The Bertz CT molecular complexity index is 932. The van der Waals surface area contributed by atoms with Crippen LogP contribution in [-0.2, 0) is 14.8 Å². The number of hydrogen-bond acceptors (Lipinski definition) is 5. The third-order valence-electron chi connectivity index (χ3n) is 3.42. The van der Waals surface area contributed by atoms with Crippen LogP contribution in [0.25, 0.3) is 0 Å². The van der Waals surface area contributed by atoms with Gasteiger partial charge in [0.2, 0.25) is 0 Å². The van der Waals surface area contributed by atoms with Crippen molar-refractivity contribution < 1.29 is 27.8 Å². The average Bonchev–Trinajstić information content (AvgIpc) is 2.61. The lowest BCUT2D eigenvalue weighted by atomic mass is 10.3. The summed E-state index contributed by atoms with van der Waals surface area (Å²) in [4.78, 5) is 11.1. The number of rotatable bonds is 7. The van der Waals surface area contributed by atoms with E-state index in [2.05, 4.69) is 0 Å². The molecule has 26 heavy (non-hydrogen) atoms. The molecule has 0 spiro atoms. The van der Waals surface area contributed by atoms with Crippen LogP contribution >= 0.6 is 23.2 Å². The molecule has 0 saturated heterocycles. The Morgan fingerprint density at radius 3 is 2.35 bits per heavy atom. The summed E-state index contributed by atoms with van der Waals surface area (Å²) in [5.41, 5.74) is -0.0450. The smallest absolute Gasteiger partial charge is 0.324 e. The SMILES string of the molecule is COc1ccc(S(=O)(=O)N(CC(=O)O)c2cccc(Cl)c2Cl)cc1OC. The first kappa shape index (κ1) is 20.2. The molecule has 2 rings (SSSR count). The molecule has 0 fully saturated rings. The van der Waals surface area contributed by atoms with Gasteiger partial charge in [0.25, 0.3) is 10.0 Å². The highest BCUT2D eigenvalue weighted by molar-refractivity contribution is 7.92. The lowest BCUT2D eigenvalue weighted by Crippen LogP contribution is -2.36. The van der Waals surface area contributed by atoms with E-state index in [-0.39, 0.29) is 26.4 Å². The summed E-state index contributed by atoms with van der Waals surface area (Å²) in [5, 5.41) is 9.20. The number of halogens is 2. The van der Waals surface area contributed by atoms with Crippen LogP contribution in [0.3, 0.4) is 0 Å². The highest BCUT2D eigenvalue weighted by atomic mass is 35.5. The lowest BCUT2D eigenvalue weighted by Gasteiger charge is -2.24. The number of sulfonamides is 1. The molecule has 0 aliphatic rings. The predicted molar refractivity (Wildman–Crippen MR) is 98.2 cm³/mol. The summed E-state index contributed by atoms with van der Waals surface area (Å²) in [5.74, 6) is -0.844. The molecule has 2 aromatic rings. The first-order valence-electron chi connectivity index (χ1n) is 7.13. The predicted octanol–water partition coefficient (Wildman–Crippen LogP) is 3.29. The van der Waals surface area contributed by atoms with E-state index in [1.807, 2.05) is 0 Å². The third kappa shape index (κ3) is 3.98. The van der Waals surface area contributed by atoms with Gasteiger partial charge in [-0.05, 0) is 24.3 Å². The fourth-order valence-electron chi connectivity index (χ4n) is 2.21. The summed E-state index contributed by atoms with van der Waals surface area (Å²) in [6.45, 7) is -0.837. The molecule has 0 unspecified atom stereocenters. The molecule has 140 valence electrons. The summed E-state index contributed by atoms with van der Waals surface area (Å²) in [6, 6.07) is 8.24. The Hall–Kier alpha value is -2.16. The molecular formula is C16H15Cl2NO6S. The summed E-state index contributed by atoms with van der Waals surface area (Å²) < 4.78 is 37.0. The van der Waals surface area contributed by atoms with Gasteiger partial charge in [0.1, 0.15) is 6.54 Å². The molecule has 0 aromatic heterocycles. The molecule has 1 N–H and O–H groups in total. The van der Waals surface area contributed by atoms with Crippen LogP contribution in [0.1, 0.15) is 0 Å². The minimum absolute atomic E-state index is 0.0450. The van der Waals surface area contributed by atoms with Crippen molar-refractivity contribution in [1.82, 2.24) is 0 Å². The maximum Gasteiger partial charge on any atom is 0.324 e. The molecule has 0 atom stereocenters. The minimum atomic E-state index is -4.27. The lowest BCUT2D eigenvalue weighted by molar-refractivity contribution is -0.135. The normalized spacial score (nSPS) is 11.1. The van der Waals surface area contributed by atoms with Gasteiger partial charge in [-0.3, -0.25) is 9.10 Å². The second-order valence-corrected chi connectivity index (χ2v) is 7.64. The van der Waals surface area contributed by atoms with Crippen molar-refractivity contribution >= 4 is 44.9 Å². The largest absolute Gasteiger partial charge is 0.493 e. The molecule has 0 saturated carbocycles. The fraction of sp³-hybridized carbons (Fsp3) is 0.188. The second kappa shape index (κ2) is 8.03. The van der Waals surface area contributed by atoms with Crippen molar-refractivity contribution in [2.45, 2.75) is 4.90 Å². The molecule has 0 aliphatic heterocycles. The molecule has 0 bridgehead atoms. The van der Waals surface area contributed by atoms with Crippen molar-refractivity contribution in [2.24, 2.45) is 0 Å². The first-order chi connectivity index (χ1) is 12.2. The zero-order valence-corrected chi connectivity index (χ0v) is 16.1. The number of methoxy groups -OCH3 is 2. The number of benzene rings is 2. The zero-order valence-electron chi connectivity index (χ0n) is 13.8. The Morgan fingerprint density at radius 1 is 1.12 bits per heavy atom. The van der Waals surface area contributed by atoms with Crippen molar-refractivity contribution in [2.75, 3.05) is 25.1 Å². The number of carboxylic acids is 1. The molecule has 0 radical (unpaired) electrons. The number of nitrogens with zero attached hydrogens (tertiary/aromatic N) is 1. The Kier molecular flexibility index (Phi) is 6.22. The molecule has 2 aromatic carbocycles. The van der Waals surface area contributed by atoms with Crippen LogP contribution < -0.4 is 13.8 Å². The number of carbonyl (C=O) groups is 1. The van der Waals surface area contributed by atoms with E-state index in [1.54, 1.807) is 0 Å². The van der Waals surface area contributed by atoms with E-state index in [1.165, 1.54) is 50.6 Å². The highest BCUT2D eigenvalue weighted by Crippen LogP contribution is 2.37. The van der Waals surface area contributed by atoms with Crippen molar-refractivity contribution in [3.05, 3.63) is 46.4 Å².